The molecule has 40 heavy (non-hydrogen) atoms. The van der Waals surface area contributed by atoms with Crippen molar-refractivity contribution >= 4 is 38.8 Å². The Morgan fingerprint density at radius 1 is 1.02 bits per heavy atom. The number of nitrogens with two attached hydrogens (primary N) is 2. The Morgan fingerprint density at radius 3 is 2.67 bits per heavy atom. The molecule has 0 radical (unpaired) electrons. The maximum absolute atomic E-state index is 6.49. The lowest BCUT2D eigenvalue weighted by Crippen LogP contribution is -2.41. The third kappa shape index (κ3) is 5.10. The van der Waals surface area contributed by atoms with Gasteiger partial charge in [0.2, 0.25) is 0 Å². The fraction of sp³-hybridized carbons (Fsp3) is 0.310. The van der Waals surface area contributed by atoms with E-state index < -0.39 is 0 Å². The van der Waals surface area contributed by atoms with Crippen molar-refractivity contribution in [2.45, 2.75) is 24.9 Å². The van der Waals surface area contributed by atoms with Gasteiger partial charge in [-0.25, -0.2) is 9.97 Å². The number of rotatable bonds is 9. The second-order valence-corrected chi connectivity index (χ2v) is 10.8. The first kappa shape index (κ1) is 26.2. The molecule has 0 amide bonds. The average Bonchev–Trinajstić information content (AvgIpc) is 3.67. The quantitative estimate of drug-likeness (QED) is 0.250. The molecule has 4 aromatic heterocycles. The lowest BCUT2D eigenvalue weighted by molar-refractivity contribution is 0.201. The molecule has 206 valence electrons. The summed E-state index contributed by atoms with van der Waals surface area (Å²) in [7, 11) is 3.21. The summed E-state index contributed by atoms with van der Waals surface area (Å²) in [4.78, 5) is 20.5. The largest absolute Gasteiger partial charge is 0.493 e. The van der Waals surface area contributed by atoms with Crippen LogP contribution >= 0.6 is 11.3 Å². The second kappa shape index (κ2) is 11.2. The number of thiazole rings is 1. The molecule has 4 N–H and O–H groups in total. The van der Waals surface area contributed by atoms with E-state index in [1.54, 1.807) is 44.1 Å². The topological polar surface area (TPSA) is 135 Å². The number of nitrogens with zero attached hydrogens (tertiary/aromatic N) is 5. The number of methoxy groups -OCH3 is 2. The van der Waals surface area contributed by atoms with Crippen LogP contribution in [0, 0.1) is 0 Å². The van der Waals surface area contributed by atoms with Gasteiger partial charge in [0.15, 0.2) is 11.5 Å². The van der Waals surface area contributed by atoms with Gasteiger partial charge in [0.05, 0.1) is 43.7 Å². The molecular weight excluding hydrogens is 526 g/mol. The van der Waals surface area contributed by atoms with Crippen molar-refractivity contribution < 1.29 is 14.2 Å². The van der Waals surface area contributed by atoms with E-state index >= 15 is 0 Å². The number of aromatic nitrogens is 4. The van der Waals surface area contributed by atoms with Crippen LogP contribution < -0.4 is 25.7 Å². The van der Waals surface area contributed by atoms with E-state index in [2.05, 4.69) is 24.8 Å². The summed E-state index contributed by atoms with van der Waals surface area (Å²) in [6.45, 7) is 2.14. The number of nitrogen functional groups attached to an aromatic ring is 1. The molecule has 1 aromatic carbocycles. The van der Waals surface area contributed by atoms with E-state index in [1.165, 1.54) is 0 Å². The zero-order valence-electron chi connectivity index (χ0n) is 22.4. The van der Waals surface area contributed by atoms with Crippen LogP contribution in [0.3, 0.4) is 0 Å². The summed E-state index contributed by atoms with van der Waals surface area (Å²) in [5.41, 5.74) is 15.1. The molecule has 0 aliphatic carbocycles. The van der Waals surface area contributed by atoms with Gasteiger partial charge >= 0.3 is 0 Å². The lowest BCUT2D eigenvalue weighted by Gasteiger charge is -2.26. The number of pyridine rings is 3. The monoisotopic (exact) mass is 557 g/mol. The summed E-state index contributed by atoms with van der Waals surface area (Å²) in [5.74, 6) is 2.23. The van der Waals surface area contributed by atoms with Crippen molar-refractivity contribution in [1.82, 2.24) is 24.8 Å². The molecule has 2 atom stereocenters. The second-order valence-electron chi connectivity index (χ2n) is 9.84. The lowest BCUT2D eigenvalue weighted by atomic mass is 10.0. The minimum atomic E-state index is -0.149. The van der Waals surface area contributed by atoms with Crippen molar-refractivity contribution in [2.24, 2.45) is 5.73 Å². The molecule has 1 saturated heterocycles. The zero-order chi connectivity index (χ0) is 27.6. The molecule has 0 unspecified atom stereocenters. The Balaban J connectivity index is 1.22. The molecule has 11 heteroatoms. The molecule has 5 heterocycles. The number of hydrogen-bond donors (Lipinski definition) is 2. The highest BCUT2D eigenvalue weighted by Crippen LogP contribution is 2.37. The normalized spacial score (nSPS) is 16.4. The summed E-state index contributed by atoms with van der Waals surface area (Å²) in [5, 5.41) is 5.73. The zero-order valence-corrected chi connectivity index (χ0v) is 23.2. The van der Waals surface area contributed by atoms with Crippen molar-refractivity contribution in [3.8, 4) is 28.5 Å². The van der Waals surface area contributed by atoms with Gasteiger partial charge < -0.3 is 25.7 Å². The number of benzene rings is 1. The van der Waals surface area contributed by atoms with Gasteiger partial charge in [-0.15, -0.1) is 11.3 Å². The van der Waals surface area contributed by atoms with Gasteiger partial charge in [0.25, 0.3) is 0 Å². The maximum atomic E-state index is 6.49. The molecule has 10 nitrogen and oxygen atoms in total. The number of anilines is 1. The minimum absolute atomic E-state index is 0.149. The standard InChI is InChI=1S/C29H31N7O3S/c1-37-26-10-21-20-9-23(35-28(31)22(20)14-34-24(21)11-27(26)38-2)17-8-19(13-32-12-17)39-16-18(30)15-36-6-3-4-25(36)29-33-5-7-40-29/h5,7-14,18,25H,3-4,6,15-16,30H2,1-2H3,(H2,31,35)/t18-,25-/m0/s1. The van der Waals surface area contributed by atoms with Crippen LogP contribution in [-0.2, 0) is 0 Å². The molecule has 5 aromatic rings. The van der Waals surface area contributed by atoms with E-state index in [9.17, 15) is 0 Å². The predicted octanol–water partition coefficient (Wildman–Crippen LogP) is 4.44. The summed E-state index contributed by atoms with van der Waals surface area (Å²) >= 11 is 1.70. The van der Waals surface area contributed by atoms with Crippen LogP contribution in [0.15, 0.2) is 54.4 Å². The number of hydrogen-bond acceptors (Lipinski definition) is 11. The third-order valence-corrected chi connectivity index (χ3v) is 8.13. The van der Waals surface area contributed by atoms with Crippen molar-refractivity contribution in [1.29, 1.82) is 0 Å². The fourth-order valence-electron chi connectivity index (χ4n) is 5.32. The maximum Gasteiger partial charge on any atom is 0.162 e. The van der Waals surface area contributed by atoms with Crippen LogP contribution in [0.25, 0.3) is 32.9 Å². The molecule has 0 bridgehead atoms. The fourth-order valence-corrected chi connectivity index (χ4v) is 6.13. The first-order valence-corrected chi connectivity index (χ1v) is 14.0. The van der Waals surface area contributed by atoms with Crippen molar-refractivity contribution in [2.75, 3.05) is 39.6 Å². The smallest absolute Gasteiger partial charge is 0.162 e. The highest BCUT2D eigenvalue weighted by Gasteiger charge is 2.29. The Labute approximate surface area is 235 Å². The molecule has 1 aliphatic rings. The van der Waals surface area contributed by atoms with Crippen LogP contribution in [0.5, 0.6) is 17.2 Å². The van der Waals surface area contributed by atoms with Crippen LogP contribution in [0.2, 0.25) is 0 Å². The first-order valence-electron chi connectivity index (χ1n) is 13.1. The van der Waals surface area contributed by atoms with Crippen molar-refractivity contribution in [3.05, 3.63) is 59.4 Å². The van der Waals surface area contributed by atoms with E-state index in [4.69, 9.17) is 25.7 Å². The van der Waals surface area contributed by atoms with E-state index in [-0.39, 0.29) is 6.04 Å². The van der Waals surface area contributed by atoms with Crippen LogP contribution in [0.4, 0.5) is 5.82 Å². The highest BCUT2D eigenvalue weighted by atomic mass is 32.1. The van der Waals surface area contributed by atoms with Crippen LogP contribution in [0.1, 0.15) is 23.9 Å². The molecular formula is C29H31N7O3S. The Morgan fingerprint density at radius 2 is 1.88 bits per heavy atom. The predicted molar refractivity (Wildman–Crippen MR) is 157 cm³/mol. The summed E-state index contributed by atoms with van der Waals surface area (Å²) in [6.07, 6.45) is 9.29. The van der Waals surface area contributed by atoms with E-state index in [1.807, 2.05) is 35.8 Å². The highest BCUT2D eigenvalue weighted by molar-refractivity contribution is 7.09. The molecule has 1 aliphatic heterocycles. The minimum Gasteiger partial charge on any atom is -0.493 e. The molecule has 6 rings (SSSR count). The Hall–Kier alpha value is -4.06. The van der Waals surface area contributed by atoms with E-state index in [0.717, 1.165) is 58.2 Å². The Kier molecular flexibility index (Phi) is 7.33. The van der Waals surface area contributed by atoms with Gasteiger partial charge in [-0.1, -0.05) is 0 Å². The number of fused-ring (bicyclic) bond motifs is 3. The number of likely N-dealkylation sites (tertiary alicyclic amines) is 1. The summed E-state index contributed by atoms with van der Waals surface area (Å²) < 4.78 is 17.1. The SMILES string of the molecule is COc1cc2ncc3c(N)nc(-c4cncc(OC[C@@H](N)CN5CCC[C@H]5c5nccs5)c4)cc3c2cc1OC. The first-order chi connectivity index (χ1) is 19.5. The van der Waals surface area contributed by atoms with Gasteiger partial charge in [-0.05, 0) is 43.0 Å². The van der Waals surface area contributed by atoms with Crippen LogP contribution in [-0.4, -0.2) is 64.8 Å². The summed E-state index contributed by atoms with van der Waals surface area (Å²) in [6, 6.07) is 7.85. The van der Waals surface area contributed by atoms with Gasteiger partial charge in [-0.3, -0.25) is 14.9 Å². The number of ether oxygens (including phenoxy) is 3. The molecule has 1 fully saturated rings. The average molecular weight is 558 g/mol. The van der Waals surface area contributed by atoms with Gasteiger partial charge in [0, 0.05) is 52.9 Å². The Bertz CT molecular complexity index is 1650. The van der Waals surface area contributed by atoms with Gasteiger partial charge in [0.1, 0.15) is 23.2 Å². The molecule has 0 saturated carbocycles. The van der Waals surface area contributed by atoms with E-state index in [0.29, 0.717) is 41.4 Å². The molecule has 0 spiro atoms. The third-order valence-electron chi connectivity index (χ3n) is 7.26. The van der Waals surface area contributed by atoms with Crippen molar-refractivity contribution in [3.63, 3.8) is 0 Å². The van der Waals surface area contributed by atoms with Gasteiger partial charge in [-0.2, -0.15) is 0 Å².